The summed E-state index contributed by atoms with van der Waals surface area (Å²) in [6, 6.07) is 9.44. The van der Waals surface area contributed by atoms with E-state index in [9.17, 15) is 4.79 Å². The predicted molar refractivity (Wildman–Crippen MR) is 93.8 cm³/mol. The summed E-state index contributed by atoms with van der Waals surface area (Å²) in [6.45, 7) is 5.06. The molecular formula is C19H23N3O3. The molecule has 0 aliphatic carbocycles. The number of ether oxygens (including phenoxy) is 2. The minimum Gasteiger partial charge on any atom is -0.497 e. The van der Waals surface area contributed by atoms with Crippen LogP contribution in [-0.4, -0.2) is 47.1 Å². The highest BCUT2D eigenvalue weighted by Gasteiger charge is 2.28. The van der Waals surface area contributed by atoms with Crippen molar-refractivity contribution in [2.45, 2.75) is 32.8 Å². The molecule has 0 unspecified atom stereocenters. The van der Waals surface area contributed by atoms with Crippen LogP contribution < -0.4 is 9.47 Å². The van der Waals surface area contributed by atoms with Gasteiger partial charge in [0.1, 0.15) is 17.7 Å². The smallest absolute Gasteiger partial charge is 0.227 e. The van der Waals surface area contributed by atoms with Crippen LogP contribution in [0.2, 0.25) is 0 Å². The Hall–Kier alpha value is -2.63. The van der Waals surface area contributed by atoms with Gasteiger partial charge in [-0.3, -0.25) is 4.79 Å². The fourth-order valence-corrected chi connectivity index (χ4v) is 3.03. The molecule has 0 radical (unpaired) electrons. The number of amides is 1. The molecule has 6 heteroatoms. The van der Waals surface area contributed by atoms with Gasteiger partial charge >= 0.3 is 0 Å². The minimum atomic E-state index is -0.0250. The number of likely N-dealkylation sites (tertiary alicyclic amines) is 1. The summed E-state index contributed by atoms with van der Waals surface area (Å²) < 4.78 is 11.1. The first-order valence-corrected chi connectivity index (χ1v) is 8.43. The zero-order chi connectivity index (χ0) is 17.8. The van der Waals surface area contributed by atoms with Gasteiger partial charge in [0, 0.05) is 24.7 Å². The molecule has 0 spiro atoms. The van der Waals surface area contributed by atoms with Crippen LogP contribution in [0.5, 0.6) is 11.6 Å². The Morgan fingerprint density at radius 3 is 2.88 bits per heavy atom. The highest BCUT2D eigenvalue weighted by molar-refractivity contribution is 5.79. The van der Waals surface area contributed by atoms with E-state index in [-0.39, 0.29) is 12.0 Å². The van der Waals surface area contributed by atoms with Gasteiger partial charge in [-0.1, -0.05) is 12.1 Å². The molecule has 1 fully saturated rings. The number of carbonyl (C=O) groups is 1. The summed E-state index contributed by atoms with van der Waals surface area (Å²) in [4.78, 5) is 22.9. The second-order valence-electron chi connectivity index (χ2n) is 6.29. The first-order chi connectivity index (χ1) is 12.0. The fourth-order valence-electron chi connectivity index (χ4n) is 3.03. The van der Waals surface area contributed by atoms with Crippen molar-refractivity contribution in [3.8, 4) is 11.6 Å². The lowest BCUT2D eigenvalue weighted by molar-refractivity contribution is -0.129. The molecular weight excluding hydrogens is 318 g/mol. The van der Waals surface area contributed by atoms with Gasteiger partial charge in [-0.05, 0) is 31.5 Å². The van der Waals surface area contributed by atoms with Gasteiger partial charge in [-0.15, -0.1) is 0 Å². The van der Waals surface area contributed by atoms with Crippen LogP contribution >= 0.6 is 0 Å². The molecule has 25 heavy (non-hydrogen) atoms. The summed E-state index contributed by atoms with van der Waals surface area (Å²) in [6.07, 6.45) is 1.16. The quantitative estimate of drug-likeness (QED) is 0.835. The molecule has 1 aliphatic heterocycles. The molecule has 0 bridgehead atoms. The molecule has 1 aromatic heterocycles. The molecule has 1 amide bonds. The summed E-state index contributed by atoms with van der Waals surface area (Å²) in [7, 11) is 1.62. The minimum absolute atomic E-state index is 0.0250. The largest absolute Gasteiger partial charge is 0.497 e. The third-order valence-electron chi connectivity index (χ3n) is 4.22. The van der Waals surface area contributed by atoms with Crippen LogP contribution in [0.1, 0.15) is 23.5 Å². The predicted octanol–water partition coefficient (Wildman–Crippen LogP) is 2.32. The van der Waals surface area contributed by atoms with Crippen molar-refractivity contribution < 1.29 is 14.3 Å². The van der Waals surface area contributed by atoms with Crippen molar-refractivity contribution >= 4 is 5.91 Å². The molecule has 132 valence electrons. The maximum Gasteiger partial charge on any atom is 0.227 e. The fraction of sp³-hybridized carbons (Fsp3) is 0.421. The number of methoxy groups -OCH3 is 1. The summed E-state index contributed by atoms with van der Waals surface area (Å²) in [5.41, 5.74) is 1.84. The SMILES string of the molecule is COc1cccc(CC(=O)N2CC[C@@H](Oc3cc(C)nc(C)n3)C2)c1. The monoisotopic (exact) mass is 341 g/mol. The molecule has 0 N–H and O–H groups in total. The van der Waals surface area contributed by atoms with Crippen molar-refractivity contribution in [2.75, 3.05) is 20.2 Å². The van der Waals surface area contributed by atoms with Crippen molar-refractivity contribution in [3.63, 3.8) is 0 Å². The first-order valence-electron chi connectivity index (χ1n) is 8.43. The van der Waals surface area contributed by atoms with E-state index in [1.807, 2.05) is 49.1 Å². The Morgan fingerprint density at radius 2 is 2.12 bits per heavy atom. The summed E-state index contributed by atoms with van der Waals surface area (Å²) in [5.74, 6) is 2.15. The van der Waals surface area contributed by atoms with E-state index in [4.69, 9.17) is 9.47 Å². The molecule has 1 aliphatic rings. The summed E-state index contributed by atoms with van der Waals surface area (Å²) >= 11 is 0. The van der Waals surface area contributed by atoms with E-state index < -0.39 is 0 Å². The zero-order valence-corrected chi connectivity index (χ0v) is 14.9. The van der Waals surface area contributed by atoms with Crippen LogP contribution in [0.4, 0.5) is 0 Å². The maximum absolute atomic E-state index is 12.5. The molecule has 1 aromatic carbocycles. The third kappa shape index (κ3) is 4.47. The van der Waals surface area contributed by atoms with Gasteiger partial charge in [-0.25, -0.2) is 4.98 Å². The van der Waals surface area contributed by atoms with Crippen molar-refractivity contribution in [1.82, 2.24) is 14.9 Å². The van der Waals surface area contributed by atoms with Gasteiger partial charge in [-0.2, -0.15) is 4.98 Å². The number of hydrogen-bond acceptors (Lipinski definition) is 5. The topological polar surface area (TPSA) is 64.5 Å². The van der Waals surface area contributed by atoms with E-state index in [0.717, 1.165) is 23.4 Å². The Balaban J connectivity index is 1.57. The Kier molecular flexibility index (Phi) is 5.16. The van der Waals surface area contributed by atoms with Crippen LogP contribution in [0.15, 0.2) is 30.3 Å². The van der Waals surface area contributed by atoms with E-state index in [1.165, 1.54) is 0 Å². The number of hydrogen-bond donors (Lipinski definition) is 0. The normalized spacial score (nSPS) is 16.8. The molecule has 2 aromatic rings. The van der Waals surface area contributed by atoms with E-state index in [0.29, 0.717) is 31.2 Å². The maximum atomic E-state index is 12.5. The average molecular weight is 341 g/mol. The molecule has 1 atom stereocenters. The highest BCUT2D eigenvalue weighted by atomic mass is 16.5. The van der Waals surface area contributed by atoms with Gasteiger partial charge in [0.05, 0.1) is 20.1 Å². The molecule has 6 nitrogen and oxygen atoms in total. The van der Waals surface area contributed by atoms with E-state index >= 15 is 0 Å². The third-order valence-corrected chi connectivity index (χ3v) is 4.22. The standard InChI is InChI=1S/C19H23N3O3/c1-13-9-18(21-14(2)20-13)25-17-7-8-22(12-17)19(23)11-15-5-4-6-16(10-15)24-3/h4-6,9-10,17H,7-8,11-12H2,1-3H3/t17-/m1/s1. The molecule has 0 saturated carbocycles. The molecule has 2 heterocycles. The number of benzene rings is 1. The number of aromatic nitrogens is 2. The number of carbonyl (C=O) groups excluding carboxylic acids is 1. The highest BCUT2D eigenvalue weighted by Crippen LogP contribution is 2.19. The number of rotatable bonds is 5. The number of aryl methyl sites for hydroxylation is 2. The van der Waals surface area contributed by atoms with Crippen LogP contribution in [0.3, 0.4) is 0 Å². The van der Waals surface area contributed by atoms with Gasteiger partial charge in [0.2, 0.25) is 11.8 Å². The van der Waals surface area contributed by atoms with Crippen LogP contribution in [0.25, 0.3) is 0 Å². The zero-order valence-electron chi connectivity index (χ0n) is 14.9. The van der Waals surface area contributed by atoms with Gasteiger partial charge in [0.25, 0.3) is 0 Å². The van der Waals surface area contributed by atoms with Crippen LogP contribution in [0, 0.1) is 13.8 Å². The molecule has 3 rings (SSSR count). The Bertz CT molecular complexity index is 743. The lowest BCUT2D eigenvalue weighted by Crippen LogP contribution is -2.32. The summed E-state index contributed by atoms with van der Waals surface area (Å²) in [5, 5.41) is 0. The second-order valence-corrected chi connectivity index (χ2v) is 6.29. The van der Waals surface area contributed by atoms with Crippen molar-refractivity contribution in [2.24, 2.45) is 0 Å². The lowest BCUT2D eigenvalue weighted by Gasteiger charge is -2.17. The van der Waals surface area contributed by atoms with Crippen LogP contribution in [-0.2, 0) is 11.2 Å². The van der Waals surface area contributed by atoms with E-state index in [1.54, 1.807) is 7.11 Å². The van der Waals surface area contributed by atoms with Crippen molar-refractivity contribution in [1.29, 1.82) is 0 Å². The second kappa shape index (κ2) is 7.51. The van der Waals surface area contributed by atoms with E-state index in [2.05, 4.69) is 9.97 Å². The first kappa shape index (κ1) is 17.2. The lowest BCUT2D eigenvalue weighted by atomic mass is 10.1. The van der Waals surface area contributed by atoms with Gasteiger partial charge in [0.15, 0.2) is 0 Å². The Labute approximate surface area is 147 Å². The Morgan fingerprint density at radius 1 is 1.28 bits per heavy atom. The molecule has 1 saturated heterocycles. The van der Waals surface area contributed by atoms with Crippen molar-refractivity contribution in [3.05, 3.63) is 47.4 Å². The van der Waals surface area contributed by atoms with Gasteiger partial charge < -0.3 is 14.4 Å². The number of nitrogens with zero attached hydrogens (tertiary/aromatic N) is 3. The average Bonchev–Trinajstić information content (AvgIpc) is 3.02.